The Morgan fingerprint density at radius 1 is 1.12 bits per heavy atom. The van der Waals surface area contributed by atoms with Crippen LogP contribution >= 0.6 is 11.6 Å². The van der Waals surface area contributed by atoms with E-state index in [0.717, 1.165) is 54.8 Å². The highest BCUT2D eigenvalue weighted by Crippen LogP contribution is 2.25. The number of amides is 2. The topological polar surface area (TPSA) is 105 Å². The predicted molar refractivity (Wildman–Crippen MR) is 121 cm³/mol. The number of carbonyl (C=O) groups is 2. The van der Waals surface area contributed by atoms with Gasteiger partial charge in [-0.15, -0.1) is 10.2 Å². The molecule has 1 fully saturated rings. The van der Waals surface area contributed by atoms with Crippen LogP contribution in [0.4, 0.5) is 0 Å². The lowest BCUT2D eigenvalue weighted by Gasteiger charge is -2.18. The van der Waals surface area contributed by atoms with Crippen molar-refractivity contribution in [2.75, 3.05) is 13.1 Å². The summed E-state index contributed by atoms with van der Waals surface area (Å²) < 4.78 is 8.14. The molecular weight excluding hydrogens is 444 g/mol. The van der Waals surface area contributed by atoms with Crippen LogP contribution < -0.4 is 10.6 Å². The lowest BCUT2D eigenvalue weighted by molar-refractivity contribution is -0.125. The van der Waals surface area contributed by atoms with Gasteiger partial charge in [-0.2, -0.15) is 0 Å². The van der Waals surface area contributed by atoms with Gasteiger partial charge in [0.2, 0.25) is 11.8 Å². The van der Waals surface area contributed by atoms with Crippen molar-refractivity contribution in [1.82, 2.24) is 30.3 Å². The van der Waals surface area contributed by atoms with E-state index in [1.54, 1.807) is 0 Å². The van der Waals surface area contributed by atoms with Gasteiger partial charge in [0.15, 0.2) is 5.82 Å². The molecule has 0 radical (unpaired) electrons. The van der Waals surface area contributed by atoms with Crippen LogP contribution in [0.3, 0.4) is 0 Å². The Balaban J connectivity index is 1.17. The first-order chi connectivity index (χ1) is 16.0. The molecule has 172 valence electrons. The van der Waals surface area contributed by atoms with Gasteiger partial charge in [-0.3, -0.25) is 14.5 Å². The van der Waals surface area contributed by atoms with Crippen LogP contribution in [0, 0.1) is 0 Å². The van der Waals surface area contributed by atoms with Crippen LogP contribution in [0.2, 0.25) is 5.02 Å². The Bertz CT molecular complexity index is 1160. The molecule has 0 saturated carbocycles. The average Bonchev–Trinajstić information content (AvgIpc) is 3.52. The number of hydrogen-bond donors (Lipinski definition) is 2. The van der Waals surface area contributed by atoms with Crippen LogP contribution in [0.1, 0.15) is 30.3 Å². The summed E-state index contributed by atoms with van der Waals surface area (Å²) in [5, 5.41) is 14.9. The van der Waals surface area contributed by atoms with Crippen LogP contribution in [0.15, 0.2) is 40.8 Å². The predicted octanol–water partition coefficient (Wildman–Crippen LogP) is 2.14. The number of benzene rings is 1. The monoisotopic (exact) mass is 468 g/mol. The molecule has 4 heterocycles. The van der Waals surface area contributed by atoms with E-state index in [9.17, 15) is 9.59 Å². The molecule has 9 nitrogen and oxygen atoms in total. The second-order valence-electron chi connectivity index (χ2n) is 8.36. The van der Waals surface area contributed by atoms with Crippen LogP contribution in [-0.4, -0.2) is 50.6 Å². The molecule has 0 bridgehead atoms. The Hall–Kier alpha value is -3.17. The van der Waals surface area contributed by atoms with Crippen molar-refractivity contribution in [2.24, 2.45) is 0 Å². The van der Waals surface area contributed by atoms with Gasteiger partial charge in [0.1, 0.15) is 23.4 Å². The highest BCUT2D eigenvalue weighted by atomic mass is 35.5. The normalized spacial score (nSPS) is 18.6. The Morgan fingerprint density at radius 2 is 1.97 bits per heavy atom. The molecule has 1 saturated heterocycles. The van der Waals surface area contributed by atoms with Gasteiger partial charge in [-0.05, 0) is 42.8 Å². The fraction of sp³-hybridized carbons (Fsp3) is 0.391. The number of fused-ring (bicyclic) bond motifs is 1. The molecule has 2 aliphatic heterocycles. The van der Waals surface area contributed by atoms with E-state index in [4.69, 9.17) is 16.0 Å². The van der Waals surface area contributed by atoms with Crippen molar-refractivity contribution < 1.29 is 14.0 Å². The number of carbonyl (C=O) groups excluding carboxylic acids is 2. The molecule has 1 unspecified atom stereocenters. The number of rotatable bonds is 6. The Morgan fingerprint density at radius 3 is 2.76 bits per heavy atom. The van der Waals surface area contributed by atoms with Gasteiger partial charge in [0.25, 0.3) is 0 Å². The molecule has 2 N–H and O–H groups in total. The summed E-state index contributed by atoms with van der Waals surface area (Å²) in [4.78, 5) is 26.0. The molecule has 0 aliphatic carbocycles. The minimum atomic E-state index is -0.453. The number of hydrogen-bond acceptors (Lipinski definition) is 6. The Kier molecular flexibility index (Phi) is 6.15. The van der Waals surface area contributed by atoms with Crippen molar-refractivity contribution in [2.45, 2.75) is 44.9 Å². The fourth-order valence-electron chi connectivity index (χ4n) is 4.27. The third-order valence-electron chi connectivity index (χ3n) is 6.10. The van der Waals surface area contributed by atoms with E-state index >= 15 is 0 Å². The van der Waals surface area contributed by atoms with Crippen molar-refractivity contribution in [3.63, 3.8) is 0 Å². The molecule has 10 heteroatoms. The SMILES string of the molecule is O=C1CCC(C(=O)NCc2nnc3n2CCN(Cc2ccc(-c4ccc(Cl)cc4)o2)CC3)N1. The average molecular weight is 469 g/mol. The minimum Gasteiger partial charge on any atom is -0.460 e. The summed E-state index contributed by atoms with van der Waals surface area (Å²) in [7, 11) is 0. The first-order valence-electron chi connectivity index (χ1n) is 11.1. The molecule has 1 aromatic carbocycles. The molecule has 3 aromatic rings. The highest BCUT2D eigenvalue weighted by Gasteiger charge is 2.27. The number of nitrogens with one attached hydrogen (secondary N) is 2. The third-order valence-corrected chi connectivity index (χ3v) is 6.35. The summed E-state index contributed by atoms with van der Waals surface area (Å²) >= 11 is 5.97. The quantitative estimate of drug-likeness (QED) is 0.574. The molecule has 2 aliphatic rings. The van der Waals surface area contributed by atoms with Crippen LogP contribution in [-0.2, 0) is 35.6 Å². The summed E-state index contributed by atoms with van der Waals surface area (Å²) in [5.74, 6) is 3.12. The fourth-order valence-corrected chi connectivity index (χ4v) is 4.39. The second-order valence-corrected chi connectivity index (χ2v) is 8.80. The van der Waals surface area contributed by atoms with E-state index in [0.29, 0.717) is 31.0 Å². The molecule has 1 atom stereocenters. The number of halogens is 1. The molecule has 0 spiro atoms. The summed E-state index contributed by atoms with van der Waals surface area (Å²) in [6.07, 6.45) is 1.69. The van der Waals surface area contributed by atoms with E-state index in [1.165, 1.54) is 0 Å². The molecule has 5 rings (SSSR count). The maximum absolute atomic E-state index is 12.3. The van der Waals surface area contributed by atoms with Crippen LogP contribution in [0.5, 0.6) is 0 Å². The maximum Gasteiger partial charge on any atom is 0.242 e. The third kappa shape index (κ3) is 4.94. The van der Waals surface area contributed by atoms with E-state index in [-0.39, 0.29) is 11.8 Å². The maximum atomic E-state index is 12.3. The largest absolute Gasteiger partial charge is 0.460 e. The zero-order valence-electron chi connectivity index (χ0n) is 18.1. The molecule has 33 heavy (non-hydrogen) atoms. The standard InChI is InChI=1S/C23H25ClN6O3/c24-16-3-1-15(2-4-16)19-7-5-17(33-19)14-29-10-9-20-27-28-21(30(20)12-11-29)13-25-23(32)18-6-8-22(31)26-18/h1-5,7,18H,6,8-14H2,(H,25,32)(H,26,31). The summed E-state index contributed by atoms with van der Waals surface area (Å²) in [6, 6.07) is 11.1. The first kappa shape index (κ1) is 21.7. The lowest BCUT2D eigenvalue weighted by Crippen LogP contribution is -2.41. The van der Waals surface area contributed by atoms with E-state index in [2.05, 4.69) is 30.3 Å². The van der Waals surface area contributed by atoms with Crippen molar-refractivity contribution >= 4 is 23.4 Å². The highest BCUT2D eigenvalue weighted by molar-refractivity contribution is 6.30. The first-order valence-corrected chi connectivity index (χ1v) is 11.5. The van der Waals surface area contributed by atoms with Gasteiger partial charge in [-0.25, -0.2) is 0 Å². The lowest BCUT2D eigenvalue weighted by atomic mass is 10.2. The molecule has 2 aromatic heterocycles. The van der Waals surface area contributed by atoms with Gasteiger partial charge in [0.05, 0.1) is 13.1 Å². The van der Waals surface area contributed by atoms with Gasteiger partial charge in [0, 0.05) is 43.1 Å². The van der Waals surface area contributed by atoms with E-state index in [1.807, 2.05) is 36.4 Å². The van der Waals surface area contributed by atoms with Crippen molar-refractivity contribution in [3.8, 4) is 11.3 Å². The summed E-state index contributed by atoms with van der Waals surface area (Å²) in [6.45, 7) is 3.40. The molecule has 2 amide bonds. The van der Waals surface area contributed by atoms with Crippen molar-refractivity contribution in [1.29, 1.82) is 0 Å². The number of nitrogens with zero attached hydrogens (tertiary/aromatic N) is 4. The number of aromatic nitrogens is 3. The molecular formula is C23H25ClN6O3. The Labute approximate surface area is 196 Å². The van der Waals surface area contributed by atoms with Gasteiger partial charge in [-0.1, -0.05) is 11.6 Å². The van der Waals surface area contributed by atoms with Gasteiger partial charge < -0.3 is 19.6 Å². The minimum absolute atomic E-state index is 0.0802. The van der Waals surface area contributed by atoms with Gasteiger partial charge >= 0.3 is 0 Å². The summed E-state index contributed by atoms with van der Waals surface area (Å²) in [5.41, 5.74) is 0.997. The second kappa shape index (κ2) is 9.36. The smallest absolute Gasteiger partial charge is 0.242 e. The van der Waals surface area contributed by atoms with E-state index < -0.39 is 6.04 Å². The number of furan rings is 1. The van der Waals surface area contributed by atoms with Crippen molar-refractivity contribution in [3.05, 3.63) is 58.8 Å². The van der Waals surface area contributed by atoms with Crippen LogP contribution in [0.25, 0.3) is 11.3 Å². The zero-order valence-corrected chi connectivity index (χ0v) is 18.8. The zero-order chi connectivity index (χ0) is 22.8.